The van der Waals surface area contributed by atoms with Gasteiger partial charge in [-0.25, -0.2) is 4.79 Å². The third-order valence-electron chi connectivity index (χ3n) is 1.23. The van der Waals surface area contributed by atoms with Crippen LogP contribution in [0.1, 0.15) is 10.4 Å². The molecule has 0 heterocycles. The van der Waals surface area contributed by atoms with Crippen molar-refractivity contribution in [2.45, 2.75) is 0 Å². The van der Waals surface area contributed by atoms with E-state index in [1.165, 1.54) is 12.1 Å². The molecule has 0 spiro atoms. The van der Waals surface area contributed by atoms with Crippen molar-refractivity contribution in [2.75, 3.05) is 0 Å². The lowest BCUT2D eigenvalue weighted by Gasteiger charge is -1.98. The Labute approximate surface area is 63.2 Å². The second-order valence-corrected chi connectivity index (χ2v) is 1.92. The summed E-state index contributed by atoms with van der Waals surface area (Å²) >= 11 is 0. The average Bonchev–Trinajstić information content (AvgIpc) is 2.04. The van der Waals surface area contributed by atoms with Gasteiger partial charge in [0.05, 0.1) is 0 Å². The highest BCUT2D eigenvalue weighted by Crippen LogP contribution is 2.15. The van der Waals surface area contributed by atoms with E-state index in [9.17, 15) is 4.79 Å². The summed E-state index contributed by atoms with van der Waals surface area (Å²) in [6.07, 6.45) is 0. The number of rotatable bonds is 1. The zero-order valence-corrected chi connectivity index (χ0v) is 5.65. The summed E-state index contributed by atoms with van der Waals surface area (Å²) in [6, 6.07) is 6.01. The number of phenolic OH excluding ortho intramolecular Hbond substituents is 1. The lowest BCUT2D eigenvalue weighted by Crippen LogP contribution is -2.09. The van der Waals surface area contributed by atoms with E-state index >= 15 is 0 Å². The SMILES string of the molecule is NOC(=O)c1ccccc1O. The first kappa shape index (κ1) is 7.56. The Morgan fingerprint density at radius 1 is 1.45 bits per heavy atom. The van der Waals surface area contributed by atoms with Crippen molar-refractivity contribution in [3.05, 3.63) is 29.8 Å². The summed E-state index contributed by atoms with van der Waals surface area (Å²) in [5.41, 5.74) is 0.0648. The van der Waals surface area contributed by atoms with Gasteiger partial charge < -0.3 is 9.94 Å². The summed E-state index contributed by atoms with van der Waals surface area (Å²) < 4.78 is 0. The van der Waals surface area contributed by atoms with E-state index in [1.54, 1.807) is 12.1 Å². The van der Waals surface area contributed by atoms with Crippen LogP contribution in [-0.4, -0.2) is 11.1 Å². The largest absolute Gasteiger partial charge is 0.507 e. The number of carbonyl (C=O) groups excluding carboxylic acids is 1. The van der Waals surface area contributed by atoms with Crippen molar-refractivity contribution in [3.8, 4) is 5.75 Å². The van der Waals surface area contributed by atoms with Gasteiger partial charge in [-0.1, -0.05) is 12.1 Å². The Bertz CT molecular complexity index is 272. The Morgan fingerprint density at radius 3 is 2.64 bits per heavy atom. The van der Waals surface area contributed by atoms with Gasteiger partial charge in [-0.2, -0.15) is 5.90 Å². The Morgan fingerprint density at radius 2 is 2.09 bits per heavy atom. The normalized spacial score (nSPS) is 9.18. The molecule has 0 atom stereocenters. The Balaban J connectivity index is 3.03. The molecule has 0 amide bonds. The van der Waals surface area contributed by atoms with Crippen LogP contribution in [0, 0.1) is 0 Å². The highest BCUT2D eigenvalue weighted by Gasteiger charge is 2.09. The zero-order valence-electron chi connectivity index (χ0n) is 5.65. The summed E-state index contributed by atoms with van der Waals surface area (Å²) in [5.74, 6) is 3.73. The number of aromatic hydroxyl groups is 1. The fourth-order valence-corrected chi connectivity index (χ4v) is 0.710. The molecule has 11 heavy (non-hydrogen) atoms. The van der Waals surface area contributed by atoms with Gasteiger partial charge in [-0.3, -0.25) is 0 Å². The standard InChI is InChI=1S/C7H7NO3/c8-11-7(10)5-3-1-2-4-6(5)9/h1-4,9H,8H2. The third kappa shape index (κ3) is 1.47. The van der Waals surface area contributed by atoms with E-state index in [2.05, 4.69) is 10.7 Å². The molecular weight excluding hydrogens is 146 g/mol. The first-order valence-electron chi connectivity index (χ1n) is 2.94. The number of hydrogen-bond donors (Lipinski definition) is 2. The van der Waals surface area contributed by atoms with Gasteiger partial charge in [-0.15, -0.1) is 0 Å². The molecule has 1 aromatic carbocycles. The molecule has 0 aliphatic heterocycles. The molecule has 4 nitrogen and oxygen atoms in total. The minimum Gasteiger partial charge on any atom is -0.507 e. The zero-order chi connectivity index (χ0) is 8.27. The minimum atomic E-state index is -0.747. The Hall–Kier alpha value is -1.55. The van der Waals surface area contributed by atoms with E-state index < -0.39 is 5.97 Å². The third-order valence-corrected chi connectivity index (χ3v) is 1.23. The second-order valence-electron chi connectivity index (χ2n) is 1.92. The second kappa shape index (κ2) is 3.03. The predicted molar refractivity (Wildman–Crippen MR) is 37.7 cm³/mol. The molecule has 0 fully saturated rings. The van der Waals surface area contributed by atoms with Crippen LogP contribution in [0.2, 0.25) is 0 Å². The van der Waals surface area contributed by atoms with Crippen molar-refractivity contribution in [1.29, 1.82) is 0 Å². The molecule has 0 aliphatic carbocycles. The molecular formula is C7H7NO3. The molecule has 1 rings (SSSR count). The van der Waals surface area contributed by atoms with Crippen LogP contribution in [0.15, 0.2) is 24.3 Å². The van der Waals surface area contributed by atoms with Crippen molar-refractivity contribution < 1.29 is 14.7 Å². The van der Waals surface area contributed by atoms with Crippen LogP contribution >= 0.6 is 0 Å². The maximum absolute atomic E-state index is 10.7. The number of benzene rings is 1. The van der Waals surface area contributed by atoms with Gasteiger partial charge >= 0.3 is 5.97 Å². The molecule has 3 N–H and O–H groups in total. The molecule has 4 heteroatoms. The highest BCUT2D eigenvalue weighted by molar-refractivity contribution is 5.91. The molecule has 0 bridgehead atoms. The van der Waals surface area contributed by atoms with E-state index in [-0.39, 0.29) is 11.3 Å². The summed E-state index contributed by atoms with van der Waals surface area (Å²) in [4.78, 5) is 14.6. The number of phenols is 1. The maximum Gasteiger partial charge on any atom is 0.360 e. The van der Waals surface area contributed by atoms with Crippen LogP contribution in [0.3, 0.4) is 0 Å². The molecule has 0 saturated carbocycles. The van der Waals surface area contributed by atoms with Gasteiger partial charge in [0.15, 0.2) is 0 Å². The van der Waals surface area contributed by atoms with E-state index in [0.717, 1.165) is 0 Å². The van der Waals surface area contributed by atoms with Gasteiger partial charge in [-0.05, 0) is 12.1 Å². The van der Waals surface area contributed by atoms with Gasteiger partial charge in [0.1, 0.15) is 11.3 Å². The predicted octanol–water partition coefficient (Wildman–Crippen LogP) is 0.423. The molecule has 58 valence electrons. The lowest BCUT2D eigenvalue weighted by molar-refractivity contribution is 0.0500. The lowest BCUT2D eigenvalue weighted by atomic mass is 10.2. The Kier molecular flexibility index (Phi) is 2.08. The smallest absolute Gasteiger partial charge is 0.360 e. The monoisotopic (exact) mass is 153 g/mol. The van der Waals surface area contributed by atoms with Crippen molar-refractivity contribution in [3.63, 3.8) is 0 Å². The molecule has 0 radical (unpaired) electrons. The number of carbonyl (C=O) groups is 1. The van der Waals surface area contributed by atoms with Gasteiger partial charge in [0.2, 0.25) is 0 Å². The van der Waals surface area contributed by atoms with Gasteiger partial charge in [0, 0.05) is 0 Å². The first-order chi connectivity index (χ1) is 5.25. The summed E-state index contributed by atoms with van der Waals surface area (Å²) in [6.45, 7) is 0. The molecule has 0 unspecified atom stereocenters. The number of hydrogen-bond acceptors (Lipinski definition) is 4. The van der Waals surface area contributed by atoms with E-state index in [0.29, 0.717) is 0 Å². The van der Waals surface area contributed by atoms with Crippen LogP contribution in [0.5, 0.6) is 5.75 Å². The first-order valence-corrected chi connectivity index (χ1v) is 2.94. The fourth-order valence-electron chi connectivity index (χ4n) is 0.710. The van der Waals surface area contributed by atoms with Crippen LogP contribution in [0.25, 0.3) is 0 Å². The van der Waals surface area contributed by atoms with E-state index in [4.69, 9.17) is 5.11 Å². The van der Waals surface area contributed by atoms with Crippen LogP contribution < -0.4 is 5.90 Å². The molecule has 0 saturated heterocycles. The topological polar surface area (TPSA) is 72.5 Å². The number of nitrogens with two attached hydrogens (primary N) is 1. The summed E-state index contributed by atoms with van der Waals surface area (Å²) in [7, 11) is 0. The molecule has 1 aromatic rings. The van der Waals surface area contributed by atoms with Crippen molar-refractivity contribution in [2.24, 2.45) is 5.90 Å². The average molecular weight is 153 g/mol. The molecule has 0 aromatic heterocycles. The van der Waals surface area contributed by atoms with E-state index in [1.807, 2.05) is 0 Å². The van der Waals surface area contributed by atoms with Crippen LogP contribution in [0.4, 0.5) is 0 Å². The number of para-hydroxylation sites is 1. The van der Waals surface area contributed by atoms with Gasteiger partial charge in [0.25, 0.3) is 0 Å². The quantitative estimate of drug-likeness (QED) is 0.573. The van der Waals surface area contributed by atoms with Crippen molar-refractivity contribution >= 4 is 5.97 Å². The van der Waals surface area contributed by atoms with Crippen molar-refractivity contribution in [1.82, 2.24) is 0 Å². The molecule has 0 aliphatic rings. The summed E-state index contributed by atoms with van der Waals surface area (Å²) in [5, 5.41) is 9.06. The van der Waals surface area contributed by atoms with Crippen LogP contribution in [-0.2, 0) is 4.84 Å². The fraction of sp³-hybridized carbons (Fsp3) is 0. The highest BCUT2D eigenvalue weighted by atomic mass is 16.7. The minimum absolute atomic E-state index is 0.0648. The maximum atomic E-state index is 10.7.